The van der Waals surface area contributed by atoms with Gasteiger partial charge in [-0.05, 0) is 38.2 Å². The largest absolute Gasteiger partial charge is 0.384 e. The molecule has 1 saturated heterocycles. The van der Waals surface area contributed by atoms with Crippen molar-refractivity contribution in [3.8, 4) is 0 Å². The summed E-state index contributed by atoms with van der Waals surface area (Å²) in [5.41, 5.74) is 1.19. The van der Waals surface area contributed by atoms with Gasteiger partial charge in [-0.25, -0.2) is 0 Å². The monoisotopic (exact) mass is 311 g/mol. The molecule has 1 aromatic carbocycles. The van der Waals surface area contributed by atoms with E-state index >= 15 is 0 Å². The number of hydrogen-bond donors (Lipinski definition) is 1. The summed E-state index contributed by atoms with van der Waals surface area (Å²) in [4.78, 5) is 4.97. The first-order chi connectivity index (χ1) is 8.65. The molecule has 18 heavy (non-hydrogen) atoms. The predicted octanol–water partition coefficient (Wildman–Crippen LogP) is 2.50. The van der Waals surface area contributed by atoms with E-state index in [1.165, 1.54) is 25.3 Å². The maximum Gasteiger partial charge on any atom is 0.0341 e. The van der Waals surface area contributed by atoms with Crippen molar-refractivity contribution >= 4 is 21.6 Å². The topological polar surface area (TPSA) is 18.5 Å². The number of nitrogens with one attached hydrogen (secondary N) is 1. The Morgan fingerprint density at radius 1 is 1.28 bits per heavy atom. The molecular weight excluding hydrogens is 290 g/mol. The molecule has 1 aliphatic rings. The number of halogens is 1. The second-order valence-electron chi connectivity index (χ2n) is 5.06. The lowest BCUT2D eigenvalue weighted by Gasteiger charge is -2.37. The molecule has 2 rings (SSSR count). The van der Waals surface area contributed by atoms with Gasteiger partial charge >= 0.3 is 0 Å². The maximum atomic E-state index is 3.47. The fourth-order valence-corrected chi connectivity index (χ4v) is 2.52. The molecule has 1 unspecified atom stereocenters. The van der Waals surface area contributed by atoms with E-state index in [1.54, 1.807) is 0 Å². The Labute approximate surface area is 118 Å². The zero-order valence-electron chi connectivity index (χ0n) is 11.2. The van der Waals surface area contributed by atoms with Crippen LogP contribution in [0.1, 0.15) is 6.92 Å². The first kappa shape index (κ1) is 13.8. The summed E-state index contributed by atoms with van der Waals surface area (Å²) in [5, 5.41) is 3.47. The molecule has 0 radical (unpaired) electrons. The maximum absolute atomic E-state index is 3.47. The van der Waals surface area contributed by atoms with Gasteiger partial charge in [0, 0.05) is 48.9 Å². The molecule has 1 aromatic rings. The van der Waals surface area contributed by atoms with Crippen molar-refractivity contribution < 1.29 is 0 Å². The number of anilines is 1. The van der Waals surface area contributed by atoms with E-state index in [0.717, 1.165) is 17.6 Å². The van der Waals surface area contributed by atoms with Gasteiger partial charge in [0.25, 0.3) is 0 Å². The van der Waals surface area contributed by atoms with Crippen molar-refractivity contribution in [2.45, 2.75) is 13.0 Å². The molecule has 0 amide bonds. The van der Waals surface area contributed by atoms with Gasteiger partial charge in [-0.2, -0.15) is 0 Å². The molecular formula is C14H22BrN3. The van der Waals surface area contributed by atoms with Crippen LogP contribution in [-0.4, -0.2) is 55.6 Å². The van der Waals surface area contributed by atoms with Gasteiger partial charge in [-0.3, -0.25) is 4.90 Å². The van der Waals surface area contributed by atoms with Gasteiger partial charge in [-0.15, -0.1) is 0 Å². The molecule has 1 heterocycles. The minimum atomic E-state index is 0.673. The highest BCUT2D eigenvalue weighted by atomic mass is 79.9. The molecule has 3 nitrogen and oxygen atoms in total. The predicted molar refractivity (Wildman–Crippen MR) is 81.2 cm³/mol. The first-order valence-electron chi connectivity index (χ1n) is 6.57. The quantitative estimate of drug-likeness (QED) is 0.921. The van der Waals surface area contributed by atoms with Crippen LogP contribution >= 0.6 is 15.9 Å². The molecule has 1 N–H and O–H groups in total. The molecule has 0 aliphatic carbocycles. The van der Waals surface area contributed by atoms with Crippen LogP contribution in [-0.2, 0) is 0 Å². The number of piperazine rings is 1. The smallest absolute Gasteiger partial charge is 0.0341 e. The minimum Gasteiger partial charge on any atom is -0.384 e. The van der Waals surface area contributed by atoms with Crippen molar-refractivity contribution in [3.63, 3.8) is 0 Å². The summed E-state index contributed by atoms with van der Waals surface area (Å²) in [5.74, 6) is 0. The third kappa shape index (κ3) is 3.97. The lowest BCUT2D eigenvalue weighted by atomic mass is 10.2. The lowest BCUT2D eigenvalue weighted by Crippen LogP contribution is -2.50. The molecule has 0 aromatic heterocycles. The van der Waals surface area contributed by atoms with Gasteiger partial charge in [0.2, 0.25) is 0 Å². The van der Waals surface area contributed by atoms with Crippen LogP contribution in [0.2, 0.25) is 0 Å². The highest BCUT2D eigenvalue weighted by Gasteiger charge is 2.19. The van der Waals surface area contributed by atoms with E-state index < -0.39 is 0 Å². The van der Waals surface area contributed by atoms with Gasteiger partial charge in [-0.1, -0.05) is 15.9 Å². The highest BCUT2D eigenvalue weighted by molar-refractivity contribution is 9.10. The zero-order valence-corrected chi connectivity index (χ0v) is 12.8. The SMILES string of the molecule is CC1CN(CCNc2ccc(Br)cc2)CCN1C. The molecule has 0 spiro atoms. The number of benzene rings is 1. The van der Waals surface area contributed by atoms with E-state index in [4.69, 9.17) is 0 Å². The summed E-state index contributed by atoms with van der Waals surface area (Å²) in [6.45, 7) is 7.97. The van der Waals surface area contributed by atoms with Gasteiger partial charge < -0.3 is 10.2 Å². The van der Waals surface area contributed by atoms with Crippen LogP contribution in [0.15, 0.2) is 28.7 Å². The number of rotatable bonds is 4. The van der Waals surface area contributed by atoms with Gasteiger partial charge in [0.05, 0.1) is 0 Å². The fourth-order valence-electron chi connectivity index (χ4n) is 2.25. The third-order valence-corrected chi connectivity index (χ3v) is 4.17. The Kier molecular flexibility index (Phi) is 5.03. The Bertz CT molecular complexity index is 366. The number of nitrogens with zero attached hydrogens (tertiary/aromatic N) is 2. The number of hydrogen-bond acceptors (Lipinski definition) is 3. The molecule has 100 valence electrons. The fraction of sp³-hybridized carbons (Fsp3) is 0.571. The van der Waals surface area contributed by atoms with E-state index in [1.807, 2.05) is 0 Å². The first-order valence-corrected chi connectivity index (χ1v) is 7.36. The van der Waals surface area contributed by atoms with Crippen molar-refractivity contribution in [1.82, 2.24) is 9.80 Å². The molecule has 0 saturated carbocycles. The average molecular weight is 312 g/mol. The van der Waals surface area contributed by atoms with Crippen molar-refractivity contribution in [2.24, 2.45) is 0 Å². The van der Waals surface area contributed by atoms with E-state index in [2.05, 4.69) is 69.3 Å². The third-order valence-electron chi connectivity index (χ3n) is 3.65. The van der Waals surface area contributed by atoms with E-state index in [0.29, 0.717) is 6.04 Å². The highest BCUT2D eigenvalue weighted by Crippen LogP contribution is 2.14. The summed E-state index contributed by atoms with van der Waals surface area (Å²) >= 11 is 3.45. The normalized spacial score (nSPS) is 22.1. The molecule has 1 atom stereocenters. The van der Waals surface area contributed by atoms with Crippen molar-refractivity contribution in [1.29, 1.82) is 0 Å². The Balaban J connectivity index is 1.71. The van der Waals surface area contributed by atoms with Crippen LogP contribution in [0, 0.1) is 0 Å². The summed E-state index contributed by atoms with van der Waals surface area (Å²) in [6, 6.07) is 9.03. The Hall–Kier alpha value is -0.580. The van der Waals surface area contributed by atoms with E-state index in [9.17, 15) is 0 Å². The van der Waals surface area contributed by atoms with Crippen LogP contribution in [0.25, 0.3) is 0 Å². The zero-order chi connectivity index (χ0) is 13.0. The summed E-state index contributed by atoms with van der Waals surface area (Å²) in [6.07, 6.45) is 0. The van der Waals surface area contributed by atoms with Crippen LogP contribution < -0.4 is 5.32 Å². The van der Waals surface area contributed by atoms with E-state index in [-0.39, 0.29) is 0 Å². The summed E-state index contributed by atoms with van der Waals surface area (Å²) < 4.78 is 1.13. The van der Waals surface area contributed by atoms with Crippen molar-refractivity contribution in [2.75, 3.05) is 45.1 Å². The van der Waals surface area contributed by atoms with Crippen LogP contribution in [0.4, 0.5) is 5.69 Å². The molecule has 1 fully saturated rings. The average Bonchev–Trinajstić information content (AvgIpc) is 2.36. The van der Waals surface area contributed by atoms with Crippen molar-refractivity contribution in [3.05, 3.63) is 28.7 Å². The number of likely N-dealkylation sites (N-methyl/N-ethyl adjacent to an activating group) is 1. The second-order valence-corrected chi connectivity index (χ2v) is 5.98. The molecule has 4 heteroatoms. The van der Waals surface area contributed by atoms with Crippen LogP contribution in [0.5, 0.6) is 0 Å². The van der Waals surface area contributed by atoms with Gasteiger partial charge in [0.15, 0.2) is 0 Å². The Morgan fingerprint density at radius 3 is 2.67 bits per heavy atom. The standard InChI is InChI=1S/C14H22BrN3/c1-12-11-18(10-9-17(12)2)8-7-16-14-5-3-13(15)4-6-14/h3-6,12,16H,7-11H2,1-2H3. The summed E-state index contributed by atoms with van der Waals surface area (Å²) in [7, 11) is 2.21. The van der Waals surface area contributed by atoms with Gasteiger partial charge in [0.1, 0.15) is 0 Å². The Morgan fingerprint density at radius 2 is 2.00 bits per heavy atom. The lowest BCUT2D eigenvalue weighted by molar-refractivity contribution is 0.108. The second kappa shape index (κ2) is 6.55. The minimum absolute atomic E-state index is 0.673. The molecule has 0 bridgehead atoms. The molecule has 1 aliphatic heterocycles. The van der Waals surface area contributed by atoms with Crippen LogP contribution in [0.3, 0.4) is 0 Å².